The van der Waals surface area contributed by atoms with Crippen molar-refractivity contribution in [3.8, 4) is 11.1 Å². The van der Waals surface area contributed by atoms with E-state index in [2.05, 4.69) is 41.8 Å². The summed E-state index contributed by atoms with van der Waals surface area (Å²) in [5, 5.41) is 5.52. The molecule has 0 aromatic heterocycles. The minimum Gasteiger partial charge on any atom is -0.467 e. The third-order valence-electron chi connectivity index (χ3n) is 9.50. The van der Waals surface area contributed by atoms with E-state index < -0.39 is 41.7 Å². The lowest BCUT2D eigenvalue weighted by atomic mass is 9.90. The second kappa shape index (κ2) is 21.1. The van der Waals surface area contributed by atoms with Crippen LogP contribution >= 0.6 is 0 Å². The number of methoxy groups -OCH3 is 1. The molecule has 0 unspecified atom stereocenters. The van der Waals surface area contributed by atoms with Crippen molar-refractivity contribution in [2.45, 2.75) is 116 Å². The van der Waals surface area contributed by atoms with Crippen LogP contribution in [0.25, 0.3) is 11.1 Å². The molecule has 1 heterocycles. The Kier molecular flexibility index (Phi) is 17.0. The molecule has 1 aliphatic rings. The topological polar surface area (TPSA) is 162 Å². The van der Waals surface area contributed by atoms with E-state index >= 15 is 0 Å². The molecule has 0 spiro atoms. The summed E-state index contributed by atoms with van der Waals surface area (Å²) in [6.45, 7) is 4.21. The van der Waals surface area contributed by atoms with Crippen molar-refractivity contribution in [2.75, 3.05) is 13.7 Å². The lowest BCUT2D eigenvalue weighted by molar-refractivity contribution is -0.146. The highest BCUT2D eigenvalue weighted by atomic mass is 16.5. The largest absolute Gasteiger partial charge is 0.467 e. The molecule has 10 heteroatoms. The summed E-state index contributed by atoms with van der Waals surface area (Å²) in [5.74, 6) is -3.60. The van der Waals surface area contributed by atoms with E-state index in [1.54, 1.807) is 19.1 Å². The monoisotopic (exact) mass is 689 g/mol. The number of nitrogens with one attached hydrogen (secondary N) is 2. The quantitative estimate of drug-likeness (QED) is 0.130. The second-order valence-electron chi connectivity index (χ2n) is 13.5. The van der Waals surface area contributed by atoms with E-state index in [0.29, 0.717) is 50.6 Å². The normalized spacial score (nSPS) is 19.9. The van der Waals surface area contributed by atoms with Crippen molar-refractivity contribution in [3.63, 3.8) is 0 Å². The van der Waals surface area contributed by atoms with Gasteiger partial charge in [0, 0.05) is 43.1 Å². The summed E-state index contributed by atoms with van der Waals surface area (Å²) in [5.41, 5.74) is 9.56. The van der Waals surface area contributed by atoms with Crippen LogP contribution in [0.3, 0.4) is 0 Å². The number of esters is 1. The second-order valence-corrected chi connectivity index (χ2v) is 13.5. The van der Waals surface area contributed by atoms with Gasteiger partial charge in [-0.25, -0.2) is 4.79 Å². The maximum Gasteiger partial charge on any atom is 0.328 e. The van der Waals surface area contributed by atoms with Gasteiger partial charge in [-0.15, -0.1) is 0 Å². The Bertz CT molecular complexity index is 1440. The van der Waals surface area contributed by atoms with Gasteiger partial charge in [-0.1, -0.05) is 81.6 Å². The number of carbonyl (C=O) groups excluding carboxylic acids is 6. The number of hydrogen-bond acceptors (Lipinski definition) is 8. The lowest BCUT2D eigenvalue weighted by Crippen LogP contribution is -2.47. The lowest BCUT2D eigenvalue weighted by Gasteiger charge is -2.24. The maximum absolute atomic E-state index is 13.7. The standard InChI is InChI=1S/C40H55N3O7/c1-4-5-10-28-14-16-29(17-15-28)30-18-20-31(21-19-30)36(45)26-32(11-8-9-24-41)39(48)42-34-23-22-33(44)12-6-7-13-35(40(49)50-3)43-38(47)27(2)25-37(34)46/h14-21,27,32,34-35H,4-13,22-26,41H2,1-3H3,(H,42,48)(H,43,47)/t27-,32-,34+,35+/m1/s1. The molecule has 10 nitrogen and oxygen atoms in total. The van der Waals surface area contributed by atoms with Crippen molar-refractivity contribution in [3.05, 3.63) is 59.7 Å². The minimum absolute atomic E-state index is 0.0462. The van der Waals surface area contributed by atoms with E-state index in [-0.39, 0.29) is 49.5 Å². The number of unbranched alkanes of at least 4 members (excludes halogenated alkanes) is 2. The van der Waals surface area contributed by atoms with Crippen LogP contribution in [0.15, 0.2) is 48.5 Å². The zero-order chi connectivity index (χ0) is 36.5. The first kappa shape index (κ1) is 40.3. The zero-order valence-electron chi connectivity index (χ0n) is 30.0. The fraction of sp³-hybridized carbons (Fsp3) is 0.550. The smallest absolute Gasteiger partial charge is 0.328 e. The van der Waals surface area contributed by atoms with Crippen molar-refractivity contribution in [1.29, 1.82) is 0 Å². The molecular weight excluding hydrogens is 634 g/mol. The molecule has 0 bridgehead atoms. The highest BCUT2D eigenvalue weighted by Gasteiger charge is 2.31. The predicted octanol–water partition coefficient (Wildman–Crippen LogP) is 5.68. The number of hydrogen-bond donors (Lipinski definition) is 3. The molecule has 2 amide bonds. The number of benzene rings is 2. The molecule has 2 aromatic carbocycles. The van der Waals surface area contributed by atoms with Gasteiger partial charge in [0.15, 0.2) is 11.6 Å². The first-order valence-electron chi connectivity index (χ1n) is 18.2. The Morgan fingerprint density at radius 2 is 1.60 bits per heavy atom. The molecule has 272 valence electrons. The van der Waals surface area contributed by atoms with E-state index in [1.165, 1.54) is 12.7 Å². The van der Waals surface area contributed by atoms with Crippen LogP contribution < -0.4 is 16.4 Å². The van der Waals surface area contributed by atoms with Crippen molar-refractivity contribution >= 4 is 35.1 Å². The van der Waals surface area contributed by atoms with Gasteiger partial charge in [0.1, 0.15) is 11.8 Å². The van der Waals surface area contributed by atoms with E-state index in [9.17, 15) is 28.8 Å². The Morgan fingerprint density at radius 1 is 0.920 bits per heavy atom. The number of carbonyl (C=O) groups is 6. The van der Waals surface area contributed by atoms with Gasteiger partial charge in [0.05, 0.1) is 13.2 Å². The van der Waals surface area contributed by atoms with Gasteiger partial charge in [-0.05, 0) is 68.2 Å². The highest BCUT2D eigenvalue weighted by Crippen LogP contribution is 2.24. The average molecular weight is 690 g/mol. The maximum atomic E-state index is 13.7. The van der Waals surface area contributed by atoms with E-state index in [4.69, 9.17) is 10.5 Å². The van der Waals surface area contributed by atoms with E-state index in [1.807, 2.05) is 12.1 Å². The molecule has 3 rings (SSSR count). The molecule has 0 radical (unpaired) electrons. The summed E-state index contributed by atoms with van der Waals surface area (Å²) < 4.78 is 4.83. The molecule has 0 saturated carbocycles. The molecule has 0 aliphatic carbocycles. The Hall–Kier alpha value is -4.18. The predicted molar refractivity (Wildman–Crippen MR) is 193 cm³/mol. The summed E-state index contributed by atoms with van der Waals surface area (Å²) >= 11 is 0. The fourth-order valence-electron chi connectivity index (χ4n) is 6.24. The van der Waals surface area contributed by atoms with Gasteiger partial charge >= 0.3 is 5.97 Å². The summed E-state index contributed by atoms with van der Waals surface area (Å²) in [6, 6.07) is 14.0. The van der Waals surface area contributed by atoms with Crippen LogP contribution in [0.5, 0.6) is 0 Å². The van der Waals surface area contributed by atoms with Crippen LogP contribution in [0.4, 0.5) is 0 Å². The van der Waals surface area contributed by atoms with Gasteiger partial charge in [-0.2, -0.15) is 0 Å². The molecule has 4 N–H and O–H groups in total. The third kappa shape index (κ3) is 12.9. The van der Waals surface area contributed by atoms with Crippen LogP contribution in [-0.4, -0.2) is 60.9 Å². The van der Waals surface area contributed by atoms with Crippen molar-refractivity contribution in [2.24, 2.45) is 17.6 Å². The van der Waals surface area contributed by atoms with Crippen LogP contribution in [-0.2, 0) is 35.1 Å². The number of aryl methyl sites for hydroxylation is 1. The molecule has 4 atom stereocenters. The van der Waals surface area contributed by atoms with Gasteiger partial charge in [0.2, 0.25) is 11.8 Å². The summed E-state index contributed by atoms with van der Waals surface area (Å²) in [4.78, 5) is 78.6. The van der Waals surface area contributed by atoms with Crippen molar-refractivity contribution in [1.82, 2.24) is 10.6 Å². The van der Waals surface area contributed by atoms with Gasteiger partial charge < -0.3 is 21.1 Å². The van der Waals surface area contributed by atoms with Crippen LogP contribution in [0, 0.1) is 11.8 Å². The SMILES string of the molecule is CCCCc1ccc(-c2ccc(C(=O)C[C@@H](CCCCN)C(=O)N[C@H]3CCC(=O)CCCC[C@@H](C(=O)OC)NC(=O)[C@H](C)CC3=O)cc2)cc1. The number of amides is 2. The fourth-order valence-corrected chi connectivity index (χ4v) is 6.24. The first-order chi connectivity index (χ1) is 24.1. The van der Waals surface area contributed by atoms with E-state index in [0.717, 1.165) is 30.4 Å². The zero-order valence-corrected chi connectivity index (χ0v) is 30.0. The molecule has 1 aliphatic heterocycles. The first-order valence-corrected chi connectivity index (χ1v) is 18.2. The Morgan fingerprint density at radius 3 is 2.24 bits per heavy atom. The van der Waals surface area contributed by atoms with Gasteiger partial charge in [-0.3, -0.25) is 24.0 Å². The Labute approximate surface area is 296 Å². The third-order valence-corrected chi connectivity index (χ3v) is 9.50. The molecular formula is C40H55N3O7. The van der Waals surface area contributed by atoms with Crippen LogP contribution in [0.1, 0.15) is 113 Å². The molecule has 1 saturated heterocycles. The number of Topliss-reactive ketones (excluding diaryl/α,β-unsaturated/α-hetero) is 3. The van der Waals surface area contributed by atoms with Gasteiger partial charge in [0.25, 0.3) is 0 Å². The number of ketones is 3. The molecule has 2 aromatic rings. The number of rotatable bonds is 14. The average Bonchev–Trinajstić information content (AvgIpc) is 3.12. The molecule has 50 heavy (non-hydrogen) atoms. The summed E-state index contributed by atoms with van der Waals surface area (Å²) in [6.07, 6.45) is 6.64. The van der Waals surface area contributed by atoms with Crippen LogP contribution in [0.2, 0.25) is 0 Å². The minimum atomic E-state index is -0.999. The number of ether oxygens (including phenoxy) is 1. The molecule has 1 fully saturated rings. The van der Waals surface area contributed by atoms with Crippen molar-refractivity contribution < 1.29 is 33.5 Å². The summed E-state index contributed by atoms with van der Waals surface area (Å²) in [7, 11) is 1.24. The number of nitrogens with two attached hydrogens (primary N) is 1. The highest BCUT2D eigenvalue weighted by molar-refractivity contribution is 6.00. The Balaban J connectivity index is 1.73.